The number of nitrogens with zero attached hydrogens (tertiary/aromatic N) is 1. The van der Waals surface area contributed by atoms with Crippen LogP contribution in [-0.4, -0.2) is 41.4 Å². The third-order valence-corrected chi connectivity index (χ3v) is 3.56. The van der Waals surface area contributed by atoms with Crippen LogP contribution in [0, 0.1) is 0 Å². The number of benzene rings is 1. The van der Waals surface area contributed by atoms with Gasteiger partial charge in [0, 0.05) is 25.0 Å². The molecule has 0 bridgehead atoms. The number of nitrogens with one attached hydrogen (secondary N) is 1. The maximum atomic E-state index is 12.1. The van der Waals surface area contributed by atoms with Gasteiger partial charge in [0.2, 0.25) is 5.91 Å². The van der Waals surface area contributed by atoms with E-state index in [1.807, 2.05) is 26.8 Å². The maximum absolute atomic E-state index is 12.1. The second-order valence-electron chi connectivity index (χ2n) is 6.99. The number of likely N-dealkylation sites (tertiary alicyclic amines) is 1. The molecule has 0 radical (unpaired) electrons. The van der Waals surface area contributed by atoms with Crippen molar-refractivity contribution < 1.29 is 19.1 Å². The van der Waals surface area contributed by atoms with Crippen molar-refractivity contribution in [2.24, 2.45) is 0 Å². The van der Waals surface area contributed by atoms with Gasteiger partial charge in [-0.3, -0.25) is 9.59 Å². The molecule has 1 aliphatic rings. The van der Waals surface area contributed by atoms with Gasteiger partial charge in [-0.1, -0.05) is 12.1 Å². The van der Waals surface area contributed by atoms with Crippen LogP contribution in [0.5, 0.6) is 0 Å². The van der Waals surface area contributed by atoms with Crippen LogP contribution in [-0.2, 0) is 20.9 Å². The first-order chi connectivity index (χ1) is 11.2. The third-order valence-electron chi connectivity index (χ3n) is 3.56. The van der Waals surface area contributed by atoms with Crippen molar-refractivity contribution in [1.82, 2.24) is 10.2 Å². The molecule has 2 amide bonds. The second kappa shape index (κ2) is 7.47. The Labute approximate surface area is 142 Å². The van der Waals surface area contributed by atoms with Crippen LogP contribution in [0.2, 0.25) is 0 Å². The molecular weight excluding hydrogens is 308 g/mol. The van der Waals surface area contributed by atoms with E-state index in [2.05, 4.69) is 5.32 Å². The van der Waals surface area contributed by atoms with Gasteiger partial charge >= 0.3 is 5.97 Å². The van der Waals surface area contributed by atoms with Gasteiger partial charge in [-0.25, -0.2) is 4.79 Å². The van der Waals surface area contributed by atoms with Gasteiger partial charge in [-0.2, -0.15) is 0 Å². The highest BCUT2D eigenvalue weighted by Crippen LogP contribution is 2.15. The second-order valence-corrected chi connectivity index (χ2v) is 6.99. The van der Waals surface area contributed by atoms with Gasteiger partial charge in [0.15, 0.2) is 6.61 Å². The number of carbonyl (C=O) groups is 3. The minimum atomic E-state index is -0.548. The van der Waals surface area contributed by atoms with Gasteiger partial charge in [-0.15, -0.1) is 0 Å². The lowest BCUT2D eigenvalue weighted by Crippen LogP contribution is -2.42. The molecule has 24 heavy (non-hydrogen) atoms. The van der Waals surface area contributed by atoms with Gasteiger partial charge in [0.1, 0.15) is 0 Å². The first-order valence-corrected chi connectivity index (χ1v) is 8.09. The van der Waals surface area contributed by atoms with Gasteiger partial charge in [0.05, 0.1) is 5.56 Å². The lowest BCUT2D eigenvalue weighted by Gasteiger charge is -2.20. The Bertz CT molecular complexity index is 634. The van der Waals surface area contributed by atoms with Crippen molar-refractivity contribution in [3.05, 3.63) is 35.4 Å². The predicted molar refractivity (Wildman–Crippen MR) is 89.3 cm³/mol. The molecule has 0 aliphatic carbocycles. The molecule has 6 nitrogen and oxygen atoms in total. The van der Waals surface area contributed by atoms with E-state index in [0.717, 1.165) is 18.5 Å². The highest BCUT2D eigenvalue weighted by Gasteiger charge is 2.20. The molecule has 0 atom stereocenters. The summed E-state index contributed by atoms with van der Waals surface area (Å²) >= 11 is 0. The van der Waals surface area contributed by atoms with Crippen molar-refractivity contribution in [1.29, 1.82) is 0 Å². The topological polar surface area (TPSA) is 75.7 Å². The van der Waals surface area contributed by atoms with Crippen LogP contribution in [0.15, 0.2) is 24.3 Å². The average Bonchev–Trinajstić information content (AvgIpc) is 2.88. The maximum Gasteiger partial charge on any atom is 0.338 e. The molecule has 0 saturated carbocycles. The summed E-state index contributed by atoms with van der Waals surface area (Å²) in [5.74, 6) is -0.745. The number of hydrogen-bond donors (Lipinski definition) is 1. The first kappa shape index (κ1) is 18.0. The summed E-state index contributed by atoms with van der Waals surface area (Å²) in [7, 11) is 0. The fourth-order valence-corrected chi connectivity index (χ4v) is 2.56. The van der Waals surface area contributed by atoms with Crippen LogP contribution in [0.1, 0.15) is 49.5 Å². The Morgan fingerprint density at radius 3 is 2.67 bits per heavy atom. The van der Waals surface area contributed by atoms with Gasteiger partial charge in [0.25, 0.3) is 5.91 Å². The monoisotopic (exact) mass is 332 g/mol. The van der Waals surface area contributed by atoms with Gasteiger partial charge < -0.3 is 15.0 Å². The quantitative estimate of drug-likeness (QED) is 0.835. The minimum absolute atomic E-state index is 0.141. The number of amides is 2. The Hall–Kier alpha value is -2.37. The summed E-state index contributed by atoms with van der Waals surface area (Å²) in [6.45, 7) is 6.50. The van der Waals surface area contributed by atoms with E-state index in [4.69, 9.17) is 4.74 Å². The normalized spacial score (nSPS) is 14.6. The van der Waals surface area contributed by atoms with E-state index in [-0.39, 0.29) is 24.0 Å². The van der Waals surface area contributed by atoms with Crippen molar-refractivity contribution in [2.75, 3.05) is 13.2 Å². The van der Waals surface area contributed by atoms with E-state index in [1.54, 1.807) is 23.1 Å². The Morgan fingerprint density at radius 2 is 2.04 bits per heavy atom. The lowest BCUT2D eigenvalue weighted by molar-refractivity contribution is -0.128. The van der Waals surface area contributed by atoms with E-state index < -0.39 is 5.97 Å². The summed E-state index contributed by atoms with van der Waals surface area (Å²) < 4.78 is 5.05. The highest BCUT2D eigenvalue weighted by molar-refractivity contribution is 5.91. The molecule has 1 fully saturated rings. The SMILES string of the molecule is CC(C)(C)NC(=O)COC(=O)c1cccc(CN2CCCC2=O)c1. The van der Waals surface area contributed by atoms with Gasteiger partial charge in [-0.05, 0) is 44.9 Å². The number of ether oxygens (including phenoxy) is 1. The van der Waals surface area contributed by atoms with E-state index in [1.165, 1.54) is 0 Å². The third kappa shape index (κ3) is 5.37. The molecule has 2 rings (SSSR count). The first-order valence-electron chi connectivity index (χ1n) is 8.09. The molecule has 0 aromatic heterocycles. The summed E-state index contributed by atoms with van der Waals surface area (Å²) in [5.41, 5.74) is 0.882. The summed E-state index contributed by atoms with van der Waals surface area (Å²) in [6, 6.07) is 6.96. The summed E-state index contributed by atoms with van der Waals surface area (Å²) in [4.78, 5) is 37.2. The highest BCUT2D eigenvalue weighted by atomic mass is 16.5. The van der Waals surface area contributed by atoms with Crippen molar-refractivity contribution in [2.45, 2.75) is 45.7 Å². The zero-order valence-electron chi connectivity index (χ0n) is 14.4. The van der Waals surface area contributed by atoms with Crippen LogP contribution >= 0.6 is 0 Å². The van der Waals surface area contributed by atoms with E-state index in [0.29, 0.717) is 18.5 Å². The van der Waals surface area contributed by atoms with Crippen molar-refractivity contribution in [3.8, 4) is 0 Å². The Balaban J connectivity index is 1.91. The van der Waals surface area contributed by atoms with Crippen molar-refractivity contribution in [3.63, 3.8) is 0 Å². The molecule has 1 heterocycles. The standard InChI is InChI=1S/C18H24N2O4/c1-18(2,3)19-15(21)12-24-17(23)14-7-4-6-13(10-14)11-20-9-5-8-16(20)22/h4,6-7,10H,5,8-9,11-12H2,1-3H3,(H,19,21). The number of carbonyl (C=O) groups excluding carboxylic acids is 3. The zero-order valence-corrected chi connectivity index (χ0v) is 14.4. The molecule has 0 spiro atoms. The molecule has 0 unspecified atom stereocenters. The summed E-state index contributed by atoms with van der Waals surface area (Å²) in [6.07, 6.45) is 1.47. The Kier molecular flexibility index (Phi) is 5.59. The number of esters is 1. The van der Waals surface area contributed by atoms with E-state index in [9.17, 15) is 14.4 Å². The van der Waals surface area contributed by atoms with Crippen LogP contribution in [0.25, 0.3) is 0 Å². The molecule has 1 N–H and O–H groups in total. The van der Waals surface area contributed by atoms with Crippen LogP contribution in [0.4, 0.5) is 0 Å². The predicted octanol–water partition coefficient (Wildman–Crippen LogP) is 1.88. The molecular formula is C18H24N2O4. The number of rotatable bonds is 5. The van der Waals surface area contributed by atoms with Crippen LogP contribution < -0.4 is 5.32 Å². The molecule has 1 aromatic carbocycles. The summed E-state index contributed by atoms with van der Waals surface area (Å²) in [5, 5.41) is 2.73. The lowest BCUT2D eigenvalue weighted by atomic mass is 10.1. The fraction of sp³-hybridized carbons (Fsp3) is 0.500. The Morgan fingerprint density at radius 1 is 1.29 bits per heavy atom. The molecule has 1 aliphatic heterocycles. The minimum Gasteiger partial charge on any atom is -0.452 e. The smallest absolute Gasteiger partial charge is 0.338 e. The molecule has 1 saturated heterocycles. The molecule has 1 aromatic rings. The molecule has 130 valence electrons. The van der Waals surface area contributed by atoms with Crippen molar-refractivity contribution >= 4 is 17.8 Å². The largest absolute Gasteiger partial charge is 0.452 e. The van der Waals surface area contributed by atoms with E-state index >= 15 is 0 Å². The fourth-order valence-electron chi connectivity index (χ4n) is 2.56. The zero-order chi connectivity index (χ0) is 17.7. The number of hydrogen-bond acceptors (Lipinski definition) is 4. The average molecular weight is 332 g/mol. The van der Waals surface area contributed by atoms with Crippen LogP contribution in [0.3, 0.4) is 0 Å². The molecule has 6 heteroatoms.